The normalized spacial score (nSPS) is 16.6. The van der Waals surface area contributed by atoms with Crippen molar-refractivity contribution in [3.63, 3.8) is 0 Å². The van der Waals surface area contributed by atoms with Crippen LogP contribution >= 0.6 is 11.3 Å². The topological polar surface area (TPSA) is 113 Å². The van der Waals surface area contributed by atoms with Gasteiger partial charge in [-0.3, -0.25) is 14.6 Å². The molecule has 0 saturated carbocycles. The number of hydrogen-bond donors (Lipinski definition) is 0. The predicted octanol–water partition coefficient (Wildman–Crippen LogP) is 1.47. The molecular formula is C20H23N9O2S. The van der Waals surface area contributed by atoms with E-state index in [2.05, 4.69) is 30.3 Å². The first kappa shape index (κ1) is 20.5. The Morgan fingerprint density at radius 3 is 2.69 bits per heavy atom. The highest BCUT2D eigenvalue weighted by Crippen LogP contribution is 2.24. The van der Waals surface area contributed by atoms with Gasteiger partial charge in [-0.25, -0.2) is 15.0 Å². The Balaban J connectivity index is 1.25. The molecule has 32 heavy (non-hydrogen) atoms. The van der Waals surface area contributed by atoms with E-state index in [-0.39, 0.29) is 18.4 Å². The molecule has 0 N–H and O–H groups in total. The van der Waals surface area contributed by atoms with E-state index >= 15 is 0 Å². The molecule has 0 spiro atoms. The van der Waals surface area contributed by atoms with Crippen LogP contribution in [0.5, 0.6) is 0 Å². The van der Waals surface area contributed by atoms with Crippen LogP contribution in [-0.4, -0.2) is 78.2 Å². The third kappa shape index (κ3) is 4.17. The Morgan fingerprint density at radius 1 is 1.03 bits per heavy atom. The summed E-state index contributed by atoms with van der Waals surface area (Å²) in [6.07, 6.45) is 7.54. The van der Waals surface area contributed by atoms with E-state index in [0.717, 1.165) is 36.5 Å². The van der Waals surface area contributed by atoms with Crippen LogP contribution in [-0.2, 0) is 11.3 Å². The fourth-order valence-electron chi connectivity index (χ4n) is 3.93. The fourth-order valence-corrected chi connectivity index (χ4v) is 4.72. The number of piperidine rings is 1. The van der Waals surface area contributed by atoms with Gasteiger partial charge in [-0.15, -0.1) is 16.4 Å². The number of anilines is 1. The molecule has 5 rings (SSSR count). The second kappa shape index (κ2) is 8.99. The molecule has 2 aliphatic rings. The van der Waals surface area contributed by atoms with Crippen molar-refractivity contribution < 1.29 is 9.59 Å². The lowest BCUT2D eigenvalue weighted by molar-refractivity contribution is -0.141. The van der Waals surface area contributed by atoms with Crippen molar-refractivity contribution in [1.82, 2.24) is 40.2 Å². The molecule has 0 unspecified atom stereocenters. The van der Waals surface area contributed by atoms with Crippen molar-refractivity contribution in [3.8, 4) is 10.6 Å². The lowest BCUT2D eigenvalue weighted by Crippen LogP contribution is -2.46. The third-order valence-electron chi connectivity index (χ3n) is 5.54. The number of tetrazole rings is 1. The minimum atomic E-state index is -0.289. The van der Waals surface area contributed by atoms with Gasteiger partial charge in [0.15, 0.2) is 0 Å². The lowest BCUT2D eigenvalue weighted by atomic mass is 10.1. The lowest BCUT2D eigenvalue weighted by Gasteiger charge is -2.27. The van der Waals surface area contributed by atoms with Gasteiger partial charge < -0.3 is 4.90 Å². The van der Waals surface area contributed by atoms with E-state index < -0.39 is 0 Å². The van der Waals surface area contributed by atoms with Crippen LogP contribution in [0.3, 0.4) is 0 Å². The number of hydrazine groups is 1. The number of rotatable bonds is 5. The molecule has 0 atom stereocenters. The largest absolute Gasteiger partial charge is 0.338 e. The summed E-state index contributed by atoms with van der Waals surface area (Å²) < 4.78 is 0. The number of amides is 2. The summed E-state index contributed by atoms with van der Waals surface area (Å²) in [5.41, 5.74) is 1.17. The van der Waals surface area contributed by atoms with E-state index in [0.29, 0.717) is 31.2 Å². The van der Waals surface area contributed by atoms with Gasteiger partial charge in [-0.2, -0.15) is 4.80 Å². The van der Waals surface area contributed by atoms with E-state index in [1.54, 1.807) is 17.8 Å². The molecule has 0 aromatic carbocycles. The summed E-state index contributed by atoms with van der Waals surface area (Å²) in [5, 5.41) is 17.9. The van der Waals surface area contributed by atoms with Gasteiger partial charge in [0.25, 0.3) is 17.8 Å². The Bertz CT molecular complexity index is 1090. The van der Waals surface area contributed by atoms with Crippen LogP contribution in [0.1, 0.15) is 36.2 Å². The quantitative estimate of drug-likeness (QED) is 0.571. The maximum Gasteiger partial charge on any atom is 0.291 e. The number of carbonyl (C=O) groups excluding carboxylic acids is 2. The molecule has 2 saturated heterocycles. The van der Waals surface area contributed by atoms with Gasteiger partial charge in [-0.05, 0) is 43.0 Å². The maximum absolute atomic E-state index is 13.1. The van der Waals surface area contributed by atoms with Crippen molar-refractivity contribution >= 4 is 29.1 Å². The summed E-state index contributed by atoms with van der Waals surface area (Å²) in [5.74, 6) is 0.0150. The molecule has 3 aromatic rings. The highest BCUT2D eigenvalue weighted by Gasteiger charge is 2.33. The molecule has 0 aliphatic carbocycles. The van der Waals surface area contributed by atoms with Gasteiger partial charge in [0.05, 0.1) is 0 Å². The average Bonchev–Trinajstić information content (AvgIpc) is 3.60. The third-order valence-corrected chi connectivity index (χ3v) is 6.43. The second-order valence-electron chi connectivity index (χ2n) is 7.75. The van der Waals surface area contributed by atoms with E-state index in [9.17, 15) is 9.59 Å². The molecule has 5 heterocycles. The van der Waals surface area contributed by atoms with Gasteiger partial charge >= 0.3 is 0 Å². The molecule has 0 bridgehead atoms. The Morgan fingerprint density at radius 2 is 1.88 bits per heavy atom. The van der Waals surface area contributed by atoms with E-state index in [1.807, 2.05) is 12.1 Å². The Labute approximate surface area is 188 Å². The average molecular weight is 454 g/mol. The predicted molar refractivity (Wildman–Crippen MR) is 117 cm³/mol. The van der Waals surface area contributed by atoms with Gasteiger partial charge in [0, 0.05) is 49.5 Å². The van der Waals surface area contributed by atoms with Crippen molar-refractivity contribution in [2.45, 2.75) is 32.2 Å². The zero-order valence-corrected chi connectivity index (χ0v) is 18.3. The van der Waals surface area contributed by atoms with Crippen LogP contribution in [0.4, 0.5) is 5.95 Å². The van der Waals surface area contributed by atoms with Gasteiger partial charge in [-0.1, -0.05) is 5.10 Å². The van der Waals surface area contributed by atoms with Gasteiger partial charge in [0.1, 0.15) is 17.2 Å². The number of hydrogen-bond acceptors (Lipinski definition) is 9. The molecule has 0 radical (unpaired) electrons. The zero-order chi connectivity index (χ0) is 21.9. The van der Waals surface area contributed by atoms with Crippen molar-refractivity contribution in [2.75, 3.05) is 31.1 Å². The van der Waals surface area contributed by atoms with Crippen LogP contribution in [0.25, 0.3) is 10.6 Å². The van der Waals surface area contributed by atoms with E-state index in [4.69, 9.17) is 0 Å². The molecule has 2 amide bonds. The summed E-state index contributed by atoms with van der Waals surface area (Å²) >= 11 is 1.38. The monoisotopic (exact) mass is 453 g/mol. The minimum absolute atomic E-state index is 0.0668. The Hall–Kier alpha value is -3.41. The van der Waals surface area contributed by atoms with Crippen LogP contribution in [0.2, 0.25) is 0 Å². The highest BCUT2D eigenvalue weighted by molar-refractivity contribution is 7.13. The fraction of sp³-hybridized carbons (Fsp3) is 0.450. The summed E-state index contributed by atoms with van der Waals surface area (Å²) in [4.78, 5) is 38.0. The first-order chi connectivity index (χ1) is 15.7. The van der Waals surface area contributed by atoms with Crippen molar-refractivity contribution in [1.29, 1.82) is 0 Å². The maximum atomic E-state index is 13.1. The molecule has 2 aliphatic heterocycles. The van der Waals surface area contributed by atoms with Crippen LogP contribution < -0.4 is 4.90 Å². The van der Waals surface area contributed by atoms with Crippen LogP contribution in [0, 0.1) is 0 Å². The number of aromatic nitrogens is 6. The summed E-state index contributed by atoms with van der Waals surface area (Å²) in [7, 11) is 0. The standard InChI is InChI=1S/C20H23N9O2S/c30-17(13-29-24-20(23-25-29)26-8-2-1-3-9-26)27-10-5-11-28(27)19(31)16-14-32-18(22-16)15-6-4-7-21-12-15/h4,6-7,12,14H,1-3,5,8-11,13H2. The number of thiazole rings is 1. The zero-order valence-electron chi connectivity index (χ0n) is 17.5. The SMILES string of the molecule is O=C(Cn1nnc(N2CCCCC2)n1)N1CCCN1C(=O)c1csc(-c2cccnc2)n1. The molecule has 166 valence electrons. The minimum Gasteiger partial charge on any atom is -0.338 e. The molecule has 11 nitrogen and oxygen atoms in total. The summed E-state index contributed by atoms with van der Waals surface area (Å²) in [6.45, 7) is 2.68. The summed E-state index contributed by atoms with van der Waals surface area (Å²) in [6, 6.07) is 3.73. The highest BCUT2D eigenvalue weighted by atomic mass is 32.1. The number of carbonyl (C=O) groups is 2. The smallest absolute Gasteiger partial charge is 0.291 e. The molecule has 12 heteroatoms. The number of nitrogens with zero attached hydrogens (tertiary/aromatic N) is 9. The number of pyridine rings is 1. The van der Waals surface area contributed by atoms with Crippen molar-refractivity contribution in [2.24, 2.45) is 0 Å². The molecule has 3 aromatic heterocycles. The Kier molecular flexibility index (Phi) is 5.75. The first-order valence-electron chi connectivity index (χ1n) is 10.7. The van der Waals surface area contributed by atoms with E-state index in [1.165, 1.54) is 32.6 Å². The molecule has 2 fully saturated rings. The van der Waals surface area contributed by atoms with Crippen LogP contribution in [0.15, 0.2) is 29.9 Å². The first-order valence-corrected chi connectivity index (χ1v) is 11.6. The van der Waals surface area contributed by atoms with Gasteiger partial charge in [0.2, 0.25) is 0 Å². The second-order valence-corrected chi connectivity index (χ2v) is 8.60. The van der Waals surface area contributed by atoms with Crippen molar-refractivity contribution in [3.05, 3.63) is 35.6 Å². The molecular weight excluding hydrogens is 430 g/mol.